The van der Waals surface area contributed by atoms with Crippen molar-refractivity contribution in [1.82, 2.24) is 0 Å². The number of rotatable bonds is 4. The lowest BCUT2D eigenvalue weighted by Crippen LogP contribution is -2.33. The fourth-order valence-corrected chi connectivity index (χ4v) is 2.64. The molecule has 0 radical (unpaired) electrons. The largest absolute Gasteiger partial charge is 0.481 e. The molecule has 3 atom stereocenters. The second kappa shape index (κ2) is 6.57. The second-order valence-electron chi connectivity index (χ2n) is 5.53. The highest BCUT2D eigenvalue weighted by atomic mass is 16.5. The van der Waals surface area contributed by atoms with Gasteiger partial charge in [0.1, 0.15) is 6.10 Å². The van der Waals surface area contributed by atoms with Gasteiger partial charge in [0.15, 0.2) is 0 Å². The zero-order valence-electron chi connectivity index (χ0n) is 12.3. The molecule has 112 valence electrons. The minimum absolute atomic E-state index is 0.375. The molecular weight excluding hydrogens is 268 g/mol. The number of carbonyl (C=O) groups excluding carboxylic acids is 1. The van der Waals surface area contributed by atoms with Crippen molar-refractivity contribution in [3.05, 3.63) is 47.5 Å². The first-order valence-corrected chi connectivity index (χ1v) is 7.13. The van der Waals surface area contributed by atoms with Crippen LogP contribution in [0.15, 0.2) is 42.0 Å². The molecule has 1 aromatic carbocycles. The summed E-state index contributed by atoms with van der Waals surface area (Å²) in [5.41, 5.74) is 1.92. The molecule has 0 aromatic heterocycles. The van der Waals surface area contributed by atoms with Crippen molar-refractivity contribution in [3.63, 3.8) is 0 Å². The molecule has 4 heteroatoms. The number of carboxylic acid groups (broad SMARTS) is 1. The Morgan fingerprint density at radius 1 is 1.24 bits per heavy atom. The van der Waals surface area contributed by atoms with Gasteiger partial charge in [-0.1, -0.05) is 42.0 Å². The average Bonchev–Trinajstić information content (AvgIpc) is 2.47. The second-order valence-corrected chi connectivity index (χ2v) is 5.53. The summed E-state index contributed by atoms with van der Waals surface area (Å²) in [6, 6.07) is 9.43. The minimum atomic E-state index is -0.934. The molecule has 0 amide bonds. The third-order valence-electron chi connectivity index (χ3n) is 3.93. The van der Waals surface area contributed by atoms with Crippen molar-refractivity contribution in [2.75, 3.05) is 0 Å². The molecule has 21 heavy (non-hydrogen) atoms. The van der Waals surface area contributed by atoms with Crippen molar-refractivity contribution < 1.29 is 19.4 Å². The molecule has 0 heterocycles. The van der Waals surface area contributed by atoms with E-state index in [1.165, 1.54) is 0 Å². The van der Waals surface area contributed by atoms with Gasteiger partial charge in [0.25, 0.3) is 0 Å². The maximum Gasteiger partial charge on any atom is 0.310 e. The van der Waals surface area contributed by atoms with Gasteiger partial charge in [-0.15, -0.1) is 0 Å². The SMILES string of the molecule is CC1=CCC(C(=O)OC(C)c2ccccc2)C(C(=O)O)C1. The predicted molar refractivity (Wildman–Crippen MR) is 78.6 cm³/mol. The topological polar surface area (TPSA) is 63.6 Å². The van der Waals surface area contributed by atoms with E-state index < -0.39 is 23.8 Å². The van der Waals surface area contributed by atoms with E-state index in [1.54, 1.807) is 6.92 Å². The van der Waals surface area contributed by atoms with E-state index in [1.807, 2.05) is 43.3 Å². The highest BCUT2D eigenvalue weighted by Crippen LogP contribution is 2.32. The van der Waals surface area contributed by atoms with Gasteiger partial charge in [-0.3, -0.25) is 9.59 Å². The van der Waals surface area contributed by atoms with E-state index in [-0.39, 0.29) is 6.10 Å². The first-order valence-electron chi connectivity index (χ1n) is 7.13. The molecule has 0 fully saturated rings. The Bertz CT molecular complexity index is 547. The lowest BCUT2D eigenvalue weighted by atomic mass is 9.80. The van der Waals surface area contributed by atoms with Crippen LogP contribution in [-0.4, -0.2) is 17.0 Å². The van der Waals surface area contributed by atoms with E-state index in [9.17, 15) is 14.7 Å². The molecule has 3 unspecified atom stereocenters. The lowest BCUT2D eigenvalue weighted by molar-refractivity contribution is -0.161. The normalized spacial score (nSPS) is 23.0. The number of esters is 1. The number of hydrogen-bond acceptors (Lipinski definition) is 3. The summed E-state index contributed by atoms with van der Waals surface area (Å²) in [6.07, 6.45) is 2.40. The third kappa shape index (κ3) is 3.72. The maximum absolute atomic E-state index is 12.3. The molecule has 1 aliphatic carbocycles. The molecule has 4 nitrogen and oxygen atoms in total. The van der Waals surface area contributed by atoms with Gasteiger partial charge >= 0.3 is 11.9 Å². The fraction of sp³-hybridized carbons (Fsp3) is 0.412. The Morgan fingerprint density at radius 3 is 2.52 bits per heavy atom. The monoisotopic (exact) mass is 288 g/mol. The van der Waals surface area contributed by atoms with E-state index in [4.69, 9.17) is 4.74 Å². The van der Waals surface area contributed by atoms with E-state index >= 15 is 0 Å². The zero-order chi connectivity index (χ0) is 15.4. The van der Waals surface area contributed by atoms with Crippen molar-refractivity contribution in [3.8, 4) is 0 Å². The maximum atomic E-state index is 12.3. The van der Waals surface area contributed by atoms with Crippen LogP contribution in [0.3, 0.4) is 0 Å². The zero-order valence-corrected chi connectivity index (χ0v) is 12.3. The number of ether oxygens (including phenoxy) is 1. The van der Waals surface area contributed by atoms with E-state index in [2.05, 4.69) is 0 Å². The Morgan fingerprint density at radius 2 is 1.90 bits per heavy atom. The van der Waals surface area contributed by atoms with Crippen LogP contribution in [0, 0.1) is 11.8 Å². The molecule has 1 aliphatic rings. The van der Waals surface area contributed by atoms with Gasteiger partial charge in [0.05, 0.1) is 11.8 Å². The van der Waals surface area contributed by atoms with Crippen LogP contribution in [0.1, 0.15) is 38.4 Å². The van der Waals surface area contributed by atoms with Gasteiger partial charge in [-0.25, -0.2) is 0 Å². The van der Waals surface area contributed by atoms with Crippen LogP contribution in [0.4, 0.5) is 0 Å². The molecule has 1 N–H and O–H groups in total. The van der Waals surface area contributed by atoms with Crippen molar-refractivity contribution in [2.24, 2.45) is 11.8 Å². The third-order valence-corrected chi connectivity index (χ3v) is 3.93. The summed E-state index contributed by atoms with van der Waals surface area (Å²) in [5.74, 6) is -2.65. The molecular formula is C17H20O4. The Labute approximate surface area is 124 Å². The van der Waals surface area contributed by atoms with Crippen molar-refractivity contribution in [1.29, 1.82) is 0 Å². The van der Waals surface area contributed by atoms with E-state index in [0.717, 1.165) is 11.1 Å². The molecule has 0 bridgehead atoms. The van der Waals surface area contributed by atoms with Gasteiger partial charge in [-0.05, 0) is 32.3 Å². The summed E-state index contributed by atoms with van der Waals surface area (Å²) in [6.45, 7) is 3.69. The summed E-state index contributed by atoms with van der Waals surface area (Å²) in [5, 5.41) is 9.29. The number of allylic oxidation sites excluding steroid dienone is 2. The summed E-state index contributed by atoms with van der Waals surface area (Å²) in [7, 11) is 0. The van der Waals surface area contributed by atoms with Crippen LogP contribution < -0.4 is 0 Å². The first-order chi connectivity index (χ1) is 9.99. The van der Waals surface area contributed by atoms with Gasteiger partial charge in [-0.2, -0.15) is 0 Å². The number of carboxylic acids is 1. The van der Waals surface area contributed by atoms with Gasteiger partial charge < -0.3 is 9.84 Å². The molecule has 0 saturated carbocycles. The number of carbonyl (C=O) groups is 2. The Balaban J connectivity index is 2.07. The highest BCUT2D eigenvalue weighted by molar-refractivity contribution is 5.82. The van der Waals surface area contributed by atoms with Crippen LogP contribution in [0.5, 0.6) is 0 Å². The Hall–Kier alpha value is -2.10. The summed E-state index contributed by atoms with van der Waals surface area (Å²) >= 11 is 0. The van der Waals surface area contributed by atoms with Crippen molar-refractivity contribution in [2.45, 2.75) is 32.8 Å². The van der Waals surface area contributed by atoms with Crippen LogP contribution in [0.25, 0.3) is 0 Å². The number of hydrogen-bond donors (Lipinski definition) is 1. The fourth-order valence-electron chi connectivity index (χ4n) is 2.64. The quantitative estimate of drug-likeness (QED) is 0.681. The molecule has 2 rings (SSSR count). The van der Waals surface area contributed by atoms with Crippen molar-refractivity contribution >= 4 is 11.9 Å². The highest BCUT2D eigenvalue weighted by Gasteiger charge is 2.37. The van der Waals surface area contributed by atoms with Gasteiger partial charge in [0.2, 0.25) is 0 Å². The molecule has 0 saturated heterocycles. The van der Waals surface area contributed by atoms with Crippen LogP contribution >= 0.6 is 0 Å². The predicted octanol–water partition coefficient (Wildman–Crippen LogP) is 3.35. The number of benzene rings is 1. The molecule has 1 aromatic rings. The number of aliphatic carboxylic acids is 1. The summed E-state index contributed by atoms with van der Waals surface area (Å²) < 4.78 is 5.46. The van der Waals surface area contributed by atoms with Gasteiger partial charge in [0, 0.05) is 0 Å². The molecule has 0 aliphatic heterocycles. The summed E-state index contributed by atoms with van der Waals surface area (Å²) in [4.78, 5) is 23.6. The standard InChI is InChI=1S/C17H20O4/c1-11-8-9-14(15(10-11)16(18)19)17(20)21-12(2)13-6-4-3-5-7-13/h3-8,12,14-15H,9-10H2,1-2H3,(H,18,19). The van der Waals surface area contributed by atoms with E-state index in [0.29, 0.717) is 12.8 Å². The van der Waals surface area contributed by atoms with Crippen LogP contribution in [-0.2, 0) is 14.3 Å². The lowest BCUT2D eigenvalue weighted by Gasteiger charge is -2.27. The first kappa shape index (κ1) is 15.3. The molecule has 0 spiro atoms. The Kier molecular flexibility index (Phi) is 4.78. The smallest absolute Gasteiger partial charge is 0.310 e. The van der Waals surface area contributed by atoms with Crippen LogP contribution in [0.2, 0.25) is 0 Å². The average molecular weight is 288 g/mol. The minimum Gasteiger partial charge on any atom is -0.481 e.